The molecule has 22 heavy (non-hydrogen) atoms. The highest BCUT2D eigenvalue weighted by atomic mass is 16.2. The molecule has 1 atom stereocenters. The molecule has 1 aromatic heterocycles. The van der Waals surface area contributed by atoms with Crippen LogP contribution in [0.1, 0.15) is 40.2 Å². The van der Waals surface area contributed by atoms with Crippen molar-refractivity contribution in [2.45, 2.75) is 25.7 Å². The number of aromatic nitrogens is 1. The van der Waals surface area contributed by atoms with Crippen molar-refractivity contribution in [3.63, 3.8) is 0 Å². The van der Waals surface area contributed by atoms with Crippen LogP contribution >= 0.6 is 0 Å². The lowest BCUT2D eigenvalue weighted by Crippen LogP contribution is -2.39. The molecule has 3 rings (SSSR count). The van der Waals surface area contributed by atoms with Gasteiger partial charge in [0.2, 0.25) is 0 Å². The molecule has 0 bridgehead atoms. The summed E-state index contributed by atoms with van der Waals surface area (Å²) in [6.45, 7) is 3.72. The van der Waals surface area contributed by atoms with Crippen LogP contribution in [0.5, 0.6) is 0 Å². The van der Waals surface area contributed by atoms with Gasteiger partial charge in [0.15, 0.2) is 0 Å². The van der Waals surface area contributed by atoms with Crippen molar-refractivity contribution in [2.24, 2.45) is 0 Å². The molecule has 0 radical (unpaired) electrons. The zero-order chi connectivity index (χ0) is 15.5. The van der Waals surface area contributed by atoms with Crippen LogP contribution in [-0.4, -0.2) is 28.9 Å². The fourth-order valence-electron chi connectivity index (χ4n) is 3.17. The fourth-order valence-corrected chi connectivity index (χ4v) is 3.17. The molecule has 2 heterocycles. The summed E-state index contributed by atoms with van der Waals surface area (Å²) < 4.78 is 0. The molecule has 1 aliphatic heterocycles. The van der Waals surface area contributed by atoms with Crippen LogP contribution < -0.4 is 5.73 Å². The molecule has 4 nitrogen and oxygen atoms in total. The fraction of sp³-hybridized carbons (Fsp3) is 0.333. The Hall–Kier alpha value is -2.36. The van der Waals surface area contributed by atoms with Gasteiger partial charge >= 0.3 is 0 Å². The number of nitrogens with two attached hydrogens (primary N) is 1. The number of aryl methyl sites for hydroxylation is 1. The predicted octanol–water partition coefficient (Wildman–Crippen LogP) is 2.99. The van der Waals surface area contributed by atoms with E-state index >= 15 is 0 Å². The summed E-state index contributed by atoms with van der Waals surface area (Å²) in [5, 5.41) is 0. The smallest absolute Gasteiger partial charge is 0.255 e. The Balaban J connectivity index is 1.77. The zero-order valence-electron chi connectivity index (χ0n) is 12.8. The normalized spacial score (nSPS) is 18.2. The SMILES string of the molecule is Cc1ccccc1[C@@H]1CCCN(C(=O)c2ccc(N)nc2)C1. The third-order valence-electron chi connectivity index (χ3n) is 4.37. The molecule has 2 N–H and O–H groups in total. The van der Waals surface area contributed by atoms with E-state index in [-0.39, 0.29) is 5.91 Å². The first-order valence-electron chi connectivity index (χ1n) is 7.71. The Morgan fingerprint density at radius 1 is 1.27 bits per heavy atom. The highest BCUT2D eigenvalue weighted by molar-refractivity contribution is 5.94. The number of nitrogens with zero attached hydrogens (tertiary/aromatic N) is 2. The maximum atomic E-state index is 12.6. The van der Waals surface area contributed by atoms with Crippen molar-refractivity contribution in [1.29, 1.82) is 0 Å². The number of pyridine rings is 1. The topological polar surface area (TPSA) is 59.2 Å². The van der Waals surface area contributed by atoms with Crippen molar-refractivity contribution in [1.82, 2.24) is 9.88 Å². The summed E-state index contributed by atoms with van der Waals surface area (Å²) in [5.74, 6) is 0.902. The summed E-state index contributed by atoms with van der Waals surface area (Å²) in [4.78, 5) is 18.6. The van der Waals surface area contributed by atoms with Gasteiger partial charge in [-0.1, -0.05) is 24.3 Å². The maximum absolute atomic E-state index is 12.6. The standard InChI is InChI=1S/C18H21N3O/c1-13-5-2-3-7-16(13)15-6-4-10-21(12-15)18(22)14-8-9-17(19)20-11-14/h2-3,5,7-9,11,15H,4,6,10,12H2,1H3,(H2,19,20)/t15-/m1/s1. The van der Waals surface area contributed by atoms with Crippen molar-refractivity contribution in [2.75, 3.05) is 18.8 Å². The Bertz CT molecular complexity index is 666. The number of piperidine rings is 1. The molecule has 0 aliphatic carbocycles. The number of nitrogen functional groups attached to an aromatic ring is 1. The van der Waals surface area contributed by atoms with Gasteiger partial charge in [-0.25, -0.2) is 4.98 Å². The minimum Gasteiger partial charge on any atom is -0.384 e. The summed E-state index contributed by atoms with van der Waals surface area (Å²) >= 11 is 0. The highest BCUT2D eigenvalue weighted by Crippen LogP contribution is 2.29. The van der Waals surface area contributed by atoms with Gasteiger partial charge in [-0.2, -0.15) is 0 Å². The molecule has 0 saturated carbocycles. The number of anilines is 1. The maximum Gasteiger partial charge on any atom is 0.255 e. The molecular formula is C18H21N3O. The van der Waals surface area contributed by atoms with E-state index in [9.17, 15) is 4.79 Å². The molecule has 1 saturated heterocycles. The van der Waals surface area contributed by atoms with Crippen molar-refractivity contribution >= 4 is 11.7 Å². The van der Waals surface area contributed by atoms with E-state index in [1.54, 1.807) is 18.3 Å². The largest absolute Gasteiger partial charge is 0.384 e. The zero-order valence-corrected chi connectivity index (χ0v) is 12.8. The van der Waals surface area contributed by atoms with Crippen LogP contribution in [-0.2, 0) is 0 Å². The van der Waals surface area contributed by atoms with Gasteiger partial charge in [0.05, 0.1) is 5.56 Å². The molecule has 2 aromatic rings. The molecular weight excluding hydrogens is 274 g/mol. The lowest BCUT2D eigenvalue weighted by atomic mass is 9.88. The van der Waals surface area contributed by atoms with Gasteiger partial charge in [-0.05, 0) is 43.0 Å². The lowest BCUT2D eigenvalue weighted by molar-refractivity contribution is 0.0706. The summed E-state index contributed by atoms with van der Waals surface area (Å²) in [6.07, 6.45) is 3.73. The molecule has 1 aliphatic rings. The second-order valence-corrected chi connectivity index (χ2v) is 5.92. The Kier molecular flexibility index (Phi) is 4.09. The Morgan fingerprint density at radius 2 is 2.09 bits per heavy atom. The quantitative estimate of drug-likeness (QED) is 0.926. The van der Waals surface area contributed by atoms with Crippen LogP contribution in [0.2, 0.25) is 0 Å². The molecule has 1 fully saturated rings. The van der Waals surface area contributed by atoms with E-state index in [1.807, 2.05) is 4.90 Å². The first kappa shape index (κ1) is 14.6. The minimum atomic E-state index is 0.0470. The monoisotopic (exact) mass is 295 g/mol. The Morgan fingerprint density at radius 3 is 2.82 bits per heavy atom. The highest BCUT2D eigenvalue weighted by Gasteiger charge is 2.26. The first-order valence-corrected chi connectivity index (χ1v) is 7.71. The van der Waals surface area contributed by atoms with Gasteiger partial charge in [0, 0.05) is 25.2 Å². The average Bonchev–Trinajstić information content (AvgIpc) is 2.55. The molecule has 1 aromatic carbocycles. The van der Waals surface area contributed by atoms with Gasteiger partial charge < -0.3 is 10.6 Å². The van der Waals surface area contributed by atoms with Crippen LogP contribution in [0.25, 0.3) is 0 Å². The third kappa shape index (κ3) is 2.96. The van der Waals surface area contributed by atoms with E-state index in [0.29, 0.717) is 17.3 Å². The number of hydrogen-bond donors (Lipinski definition) is 1. The molecule has 1 amide bonds. The van der Waals surface area contributed by atoms with Gasteiger partial charge in [-0.15, -0.1) is 0 Å². The molecule has 0 spiro atoms. The number of rotatable bonds is 2. The molecule has 0 unspecified atom stereocenters. The number of carbonyl (C=O) groups is 1. The number of amides is 1. The van der Waals surface area contributed by atoms with Gasteiger partial charge in [0.1, 0.15) is 5.82 Å². The van der Waals surface area contributed by atoms with Crippen molar-refractivity contribution < 1.29 is 4.79 Å². The molecule has 114 valence electrons. The van der Waals surface area contributed by atoms with E-state index in [2.05, 4.69) is 36.2 Å². The second-order valence-electron chi connectivity index (χ2n) is 5.92. The third-order valence-corrected chi connectivity index (χ3v) is 4.37. The summed E-state index contributed by atoms with van der Waals surface area (Å²) in [6, 6.07) is 11.9. The van der Waals surface area contributed by atoms with E-state index in [1.165, 1.54) is 11.1 Å². The second kappa shape index (κ2) is 6.18. The molecule has 4 heteroatoms. The van der Waals surface area contributed by atoms with Crippen LogP contribution in [0.15, 0.2) is 42.6 Å². The number of carbonyl (C=O) groups excluding carboxylic acids is 1. The first-order chi connectivity index (χ1) is 10.6. The van der Waals surface area contributed by atoms with Gasteiger partial charge in [0.25, 0.3) is 5.91 Å². The van der Waals surface area contributed by atoms with Crippen molar-refractivity contribution in [3.05, 3.63) is 59.3 Å². The number of hydrogen-bond acceptors (Lipinski definition) is 3. The van der Waals surface area contributed by atoms with Crippen LogP contribution in [0, 0.1) is 6.92 Å². The predicted molar refractivity (Wildman–Crippen MR) is 87.7 cm³/mol. The summed E-state index contributed by atoms with van der Waals surface area (Å²) in [7, 11) is 0. The van der Waals surface area contributed by atoms with E-state index in [0.717, 1.165) is 25.9 Å². The van der Waals surface area contributed by atoms with Crippen LogP contribution in [0.3, 0.4) is 0 Å². The Labute approximate surface area is 131 Å². The number of likely N-dealkylation sites (tertiary alicyclic amines) is 1. The lowest BCUT2D eigenvalue weighted by Gasteiger charge is -2.33. The minimum absolute atomic E-state index is 0.0470. The van der Waals surface area contributed by atoms with Crippen molar-refractivity contribution in [3.8, 4) is 0 Å². The van der Waals surface area contributed by atoms with E-state index in [4.69, 9.17) is 5.73 Å². The van der Waals surface area contributed by atoms with Gasteiger partial charge in [-0.3, -0.25) is 4.79 Å². The van der Waals surface area contributed by atoms with E-state index < -0.39 is 0 Å². The number of benzene rings is 1. The average molecular weight is 295 g/mol. The summed E-state index contributed by atoms with van der Waals surface area (Å²) in [5.41, 5.74) is 8.85. The van der Waals surface area contributed by atoms with Crippen LogP contribution in [0.4, 0.5) is 5.82 Å².